The highest BCUT2D eigenvalue weighted by atomic mass is 32.2. The highest BCUT2D eigenvalue weighted by Crippen LogP contribution is 2.38. The molecule has 0 radical (unpaired) electrons. The van der Waals surface area contributed by atoms with Crippen molar-refractivity contribution in [2.45, 2.75) is 57.3 Å². The van der Waals surface area contributed by atoms with E-state index in [1.165, 1.54) is 11.6 Å². The van der Waals surface area contributed by atoms with Crippen LogP contribution in [-0.2, 0) is 28.9 Å². The van der Waals surface area contributed by atoms with Gasteiger partial charge in [0.15, 0.2) is 15.7 Å². The summed E-state index contributed by atoms with van der Waals surface area (Å²) >= 11 is 0. The number of hydrogen-bond donors (Lipinski definition) is 2. The number of urea groups is 1. The van der Waals surface area contributed by atoms with Crippen LogP contribution < -0.4 is 10.5 Å². The van der Waals surface area contributed by atoms with Gasteiger partial charge in [0, 0.05) is 17.3 Å². The first-order chi connectivity index (χ1) is 13.8. The van der Waals surface area contributed by atoms with Crippen molar-refractivity contribution in [3.63, 3.8) is 0 Å². The zero-order chi connectivity index (χ0) is 22.4. The van der Waals surface area contributed by atoms with Crippen LogP contribution in [0, 0.1) is 12.7 Å². The molecular weight excluding hydrogens is 428 g/mol. The van der Waals surface area contributed by atoms with Crippen molar-refractivity contribution in [3.05, 3.63) is 34.5 Å². The third-order valence-corrected chi connectivity index (χ3v) is 5.92. The molecule has 8 nitrogen and oxygen atoms in total. The molecule has 0 fully saturated rings. The average Bonchev–Trinajstić information content (AvgIpc) is 3.22. The molecule has 0 bridgehead atoms. The minimum atomic E-state index is -4.72. The molecule has 3 N–H and O–H groups in total. The quantitative estimate of drug-likeness (QED) is 0.696. The first kappa shape index (κ1) is 22.2. The minimum Gasteiger partial charge on any atom is -0.305 e. The lowest BCUT2D eigenvalue weighted by Crippen LogP contribution is -2.21. The molecule has 13 heteroatoms. The molecule has 0 saturated carbocycles. The number of carbonyl (C=O) groups is 1. The number of alkyl halides is 3. The molecule has 0 aliphatic heterocycles. The Hall–Kier alpha value is -2.54. The summed E-state index contributed by atoms with van der Waals surface area (Å²) in [7, 11) is -4.07. The summed E-state index contributed by atoms with van der Waals surface area (Å²) in [4.78, 5) is 16.1. The van der Waals surface area contributed by atoms with Crippen LogP contribution in [0.4, 0.5) is 28.0 Å². The molecule has 0 unspecified atom stereocenters. The Bertz CT molecular complexity index is 1130. The van der Waals surface area contributed by atoms with Gasteiger partial charge in [-0.2, -0.15) is 18.3 Å². The van der Waals surface area contributed by atoms with Gasteiger partial charge < -0.3 is 5.32 Å². The van der Waals surface area contributed by atoms with Crippen molar-refractivity contribution < 1.29 is 26.6 Å². The molecule has 2 heterocycles. The molecule has 1 aliphatic carbocycles. The maximum Gasteiger partial charge on any atom is 0.433 e. The molecule has 2 aromatic heterocycles. The van der Waals surface area contributed by atoms with Crippen LogP contribution in [0.3, 0.4) is 0 Å². The second-order valence-corrected chi connectivity index (χ2v) is 8.89. The Balaban J connectivity index is 2.01. The average molecular weight is 448 g/mol. The number of nitrogens with one attached hydrogen (secondary N) is 1. The summed E-state index contributed by atoms with van der Waals surface area (Å²) in [6.45, 7) is 4.57. The van der Waals surface area contributed by atoms with E-state index in [0.717, 1.165) is 6.20 Å². The monoisotopic (exact) mass is 448 g/mol. The van der Waals surface area contributed by atoms with Crippen LogP contribution in [0.2, 0.25) is 0 Å². The van der Waals surface area contributed by atoms with Crippen molar-refractivity contribution in [1.82, 2.24) is 14.8 Å². The van der Waals surface area contributed by atoms with Gasteiger partial charge in [-0.3, -0.25) is 4.68 Å². The van der Waals surface area contributed by atoms with Crippen LogP contribution in [0.5, 0.6) is 0 Å². The smallest absolute Gasteiger partial charge is 0.305 e. The van der Waals surface area contributed by atoms with Gasteiger partial charge in [0.1, 0.15) is 5.69 Å². The summed E-state index contributed by atoms with van der Waals surface area (Å²) in [6.07, 6.45) is -2.41. The number of anilines is 1. The van der Waals surface area contributed by atoms with Gasteiger partial charge in [-0.15, -0.1) is 4.36 Å². The highest BCUT2D eigenvalue weighted by molar-refractivity contribution is 7.91. The van der Waals surface area contributed by atoms with E-state index in [1.54, 1.807) is 13.8 Å². The number of amides is 2. The number of halogens is 4. The summed E-state index contributed by atoms with van der Waals surface area (Å²) < 4.78 is 71.2. The molecule has 0 aromatic carbocycles. The van der Waals surface area contributed by atoms with Crippen molar-refractivity contribution in [3.8, 4) is 0 Å². The molecule has 2 aromatic rings. The maximum atomic E-state index is 14.1. The lowest BCUT2D eigenvalue weighted by Gasteiger charge is -2.17. The van der Waals surface area contributed by atoms with E-state index in [4.69, 9.17) is 5.14 Å². The second-order valence-electron chi connectivity index (χ2n) is 7.18. The second kappa shape index (κ2) is 7.61. The minimum absolute atomic E-state index is 0.0954. The number of hydrogen-bond acceptors (Lipinski definition) is 4. The molecule has 30 heavy (non-hydrogen) atoms. The Morgan fingerprint density at radius 3 is 2.60 bits per heavy atom. The van der Waals surface area contributed by atoms with Crippen LogP contribution in [-0.4, -0.2) is 25.0 Å². The fraction of sp³-hybridized carbons (Fsp3) is 0.471. The maximum absolute atomic E-state index is 14.1. The Morgan fingerprint density at radius 1 is 1.37 bits per heavy atom. The van der Waals surface area contributed by atoms with Gasteiger partial charge in [0.25, 0.3) is 0 Å². The van der Waals surface area contributed by atoms with Gasteiger partial charge in [0.05, 0.1) is 11.9 Å². The predicted molar refractivity (Wildman–Crippen MR) is 101 cm³/mol. The van der Waals surface area contributed by atoms with E-state index in [-0.39, 0.29) is 23.0 Å². The molecule has 1 atom stereocenters. The van der Waals surface area contributed by atoms with Crippen LogP contribution in [0.15, 0.2) is 15.6 Å². The standard InChI is InChI=1S/C17H20F4N6O2S/c1-8(2)27-7-11(18)15(25-27)30(22,29)26-16(28)24-13-9(3)14(17(19,20)21)23-12-6-4-5-10(12)13/h7-8H,4-6H2,1-3H3,(H3,22,23,24,26,28,29)/t30-/m1/s1. The number of aryl methyl sites for hydroxylation is 1. The largest absolute Gasteiger partial charge is 0.433 e. The molecule has 2 amide bonds. The van der Waals surface area contributed by atoms with Crippen molar-refractivity contribution >= 4 is 21.6 Å². The summed E-state index contributed by atoms with van der Waals surface area (Å²) in [5, 5.41) is 10.8. The highest BCUT2D eigenvalue weighted by Gasteiger charge is 2.38. The molecule has 0 saturated heterocycles. The van der Waals surface area contributed by atoms with Crippen molar-refractivity contribution in [2.24, 2.45) is 9.50 Å². The van der Waals surface area contributed by atoms with Crippen molar-refractivity contribution in [1.29, 1.82) is 0 Å². The van der Waals surface area contributed by atoms with E-state index in [9.17, 15) is 26.6 Å². The number of nitrogens with zero attached hydrogens (tertiary/aromatic N) is 4. The number of nitrogens with two attached hydrogens (primary N) is 1. The van der Waals surface area contributed by atoms with Gasteiger partial charge in [-0.1, -0.05) is 0 Å². The molecule has 1 aliphatic rings. The fourth-order valence-electron chi connectivity index (χ4n) is 3.24. The summed E-state index contributed by atoms with van der Waals surface area (Å²) in [5.41, 5.74) is -0.803. The number of aromatic nitrogens is 3. The molecule has 0 spiro atoms. The summed E-state index contributed by atoms with van der Waals surface area (Å²) in [6, 6.07) is -1.53. The number of fused-ring (bicyclic) bond motifs is 1. The van der Waals surface area contributed by atoms with E-state index in [1.807, 2.05) is 0 Å². The lowest BCUT2D eigenvalue weighted by molar-refractivity contribution is -0.141. The molecule has 164 valence electrons. The third-order valence-electron chi connectivity index (χ3n) is 4.65. The number of pyridine rings is 1. The fourth-order valence-corrected chi connectivity index (χ4v) is 4.16. The van der Waals surface area contributed by atoms with Crippen molar-refractivity contribution in [2.75, 3.05) is 5.32 Å². The van der Waals surface area contributed by atoms with Gasteiger partial charge in [0.2, 0.25) is 5.03 Å². The SMILES string of the molecule is Cc1c(C(F)(F)F)nc2c(c1NC(=O)N=[S@@](N)(=O)c1nn(C(C)C)cc1F)CCC2. The van der Waals surface area contributed by atoms with E-state index >= 15 is 0 Å². The van der Waals surface area contributed by atoms with E-state index < -0.39 is 38.7 Å². The predicted octanol–water partition coefficient (Wildman–Crippen LogP) is 3.75. The van der Waals surface area contributed by atoms with Crippen LogP contribution in [0.25, 0.3) is 0 Å². The molecule has 3 rings (SSSR count). The number of carbonyl (C=O) groups excluding carboxylic acids is 1. The first-order valence-electron chi connectivity index (χ1n) is 9.01. The Kier molecular flexibility index (Phi) is 5.62. The Labute approximate surface area is 170 Å². The zero-order valence-electron chi connectivity index (χ0n) is 16.4. The van der Waals surface area contributed by atoms with Crippen LogP contribution >= 0.6 is 0 Å². The number of rotatable bonds is 3. The third kappa shape index (κ3) is 4.17. The normalized spacial score (nSPS) is 15.8. The lowest BCUT2D eigenvalue weighted by atomic mass is 10.1. The zero-order valence-corrected chi connectivity index (χ0v) is 17.2. The van der Waals surface area contributed by atoms with Gasteiger partial charge in [-0.05, 0) is 45.6 Å². The van der Waals surface area contributed by atoms with Gasteiger partial charge >= 0.3 is 12.2 Å². The summed E-state index contributed by atoms with van der Waals surface area (Å²) in [5.74, 6) is -1.01. The van der Waals surface area contributed by atoms with E-state index in [2.05, 4.69) is 19.8 Å². The Morgan fingerprint density at radius 2 is 2.03 bits per heavy atom. The van der Waals surface area contributed by atoms with Gasteiger partial charge in [-0.25, -0.2) is 23.5 Å². The first-order valence-corrected chi connectivity index (χ1v) is 10.6. The molecular formula is C17H20F4N6O2S. The topological polar surface area (TPSA) is 115 Å². The van der Waals surface area contributed by atoms with E-state index in [0.29, 0.717) is 24.8 Å². The van der Waals surface area contributed by atoms with Crippen LogP contribution in [0.1, 0.15) is 48.8 Å².